The van der Waals surface area contributed by atoms with Gasteiger partial charge in [-0.05, 0) is 12.8 Å². The molecule has 1 heterocycles. The molecule has 4 heteroatoms. The fraction of sp³-hybridized carbons (Fsp3) is 0.267. The molecule has 1 aliphatic heterocycles. The van der Waals surface area contributed by atoms with Crippen LogP contribution in [0.2, 0.25) is 0 Å². The first-order valence-electron chi connectivity index (χ1n) is 6.29. The van der Waals surface area contributed by atoms with Gasteiger partial charge >= 0.3 is 0 Å². The van der Waals surface area contributed by atoms with E-state index in [9.17, 15) is 0 Å². The van der Waals surface area contributed by atoms with Crippen LogP contribution >= 0.6 is 11.6 Å². The Labute approximate surface area is 118 Å². The molecule has 1 aromatic rings. The van der Waals surface area contributed by atoms with E-state index in [4.69, 9.17) is 16.3 Å². The zero-order chi connectivity index (χ0) is 13.5. The molecule has 100 valence electrons. The Morgan fingerprint density at radius 1 is 1.37 bits per heavy atom. The highest BCUT2D eigenvalue weighted by molar-refractivity contribution is 6.30. The highest BCUT2D eigenvalue weighted by atomic mass is 35.5. The fourth-order valence-electron chi connectivity index (χ4n) is 1.81. The summed E-state index contributed by atoms with van der Waals surface area (Å²) < 4.78 is 5.81. The van der Waals surface area contributed by atoms with Crippen molar-refractivity contribution in [1.82, 2.24) is 5.32 Å². The van der Waals surface area contributed by atoms with Crippen LogP contribution in [0.1, 0.15) is 18.4 Å². The summed E-state index contributed by atoms with van der Waals surface area (Å²) in [6, 6.07) is 9.90. The third kappa shape index (κ3) is 3.94. The fourth-order valence-corrected chi connectivity index (χ4v) is 1.96. The molecule has 3 nitrogen and oxygen atoms in total. The first kappa shape index (κ1) is 13.8. The van der Waals surface area contributed by atoms with Crippen molar-refractivity contribution >= 4 is 17.3 Å². The third-order valence-corrected chi connectivity index (χ3v) is 2.93. The molecule has 0 aliphatic carbocycles. The number of nitrogens with zero attached hydrogens (tertiary/aromatic N) is 1. The number of rotatable bonds is 6. The summed E-state index contributed by atoms with van der Waals surface area (Å²) in [6.45, 7) is 4.35. The van der Waals surface area contributed by atoms with Gasteiger partial charge in [0.1, 0.15) is 5.16 Å². The first-order chi connectivity index (χ1) is 9.31. The number of benzene rings is 1. The van der Waals surface area contributed by atoms with Crippen molar-refractivity contribution in [3.63, 3.8) is 0 Å². The lowest BCUT2D eigenvalue weighted by molar-refractivity contribution is 0.0826. The quantitative estimate of drug-likeness (QED) is 0.491. The summed E-state index contributed by atoms with van der Waals surface area (Å²) in [4.78, 5) is 4.37. The molecule has 0 fully saturated rings. The molecule has 2 rings (SSSR count). The van der Waals surface area contributed by atoms with E-state index in [0.29, 0.717) is 11.8 Å². The minimum absolute atomic E-state index is 0.255. The van der Waals surface area contributed by atoms with E-state index in [1.165, 1.54) is 0 Å². The number of unbranched alkanes of at least 4 members (excludes halogenated alkanes) is 1. The molecule has 0 saturated carbocycles. The topological polar surface area (TPSA) is 33.6 Å². The minimum atomic E-state index is -0.255. The van der Waals surface area contributed by atoms with Gasteiger partial charge in [0.15, 0.2) is 6.23 Å². The number of aliphatic imine (C=N–C) groups is 1. The van der Waals surface area contributed by atoms with Crippen molar-refractivity contribution in [3.8, 4) is 0 Å². The second-order valence-corrected chi connectivity index (χ2v) is 4.57. The maximum Gasteiger partial charge on any atom is 0.171 e. The van der Waals surface area contributed by atoms with Crippen LogP contribution in [0.3, 0.4) is 0 Å². The van der Waals surface area contributed by atoms with E-state index < -0.39 is 0 Å². The van der Waals surface area contributed by atoms with Crippen LogP contribution in [-0.4, -0.2) is 18.5 Å². The molecular formula is C15H17ClN2O. The monoisotopic (exact) mass is 276 g/mol. The summed E-state index contributed by atoms with van der Waals surface area (Å²) in [5.74, 6) is 0. The standard InChI is InChI=1S/C15H17ClN2O/c1-2-3-7-10-19-15-14(18-13(16)11-17-15)12-8-5-4-6-9-12/h2,4-6,8-9,11,15,17H,1,3,7,10H2. The summed E-state index contributed by atoms with van der Waals surface area (Å²) in [5, 5.41) is 3.56. The van der Waals surface area contributed by atoms with Gasteiger partial charge in [-0.1, -0.05) is 48.0 Å². The van der Waals surface area contributed by atoms with E-state index in [2.05, 4.69) is 16.9 Å². The van der Waals surface area contributed by atoms with Gasteiger partial charge in [0.05, 0.1) is 5.71 Å². The Morgan fingerprint density at radius 2 is 2.16 bits per heavy atom. The smallest absolute Gasteiger partial charge is 0.171 e. The molecule has 0 spiro atoms. The Hall–Kier alpha value is -1.58. The van der Waals surface area contributed by atoms with Crippen LogP contribution in [0, 0.1) is 0 Å². The van der Waals surface area contributed by atoms with Crippen LogP contribution in [0.15, 0.2) is 59.3 Å². The maximum atomic E-state index is 5.95. The van der Waals surface area contributed by atoms with E-state index in [0.717, 1.165) is 24.1 Å². The molecule has 0 amide bonds. The number of ether oxygens (including phenoxy) is 1. The van der Waals surface area contributed by atoms with Crippen LogP contribution in [-0.2, 0) is 4.74 Å². The lowest BCUT2D eigenvalue weighted by atomic mass is 10.1. The number of hydrogen-bond acceptors (Lipinski definition) is 3. The number of hydrogen-bond donors (Lipinski definition) is 1. The van der Waals surface area contributed by atoms with Crippen molar-refractivity contribution in [2.75, 3.05) is 6.61 Å². The lowest BCUT2D eigenvalue weighted by Crippen LogP contribution is -2.39. The van der Waals surface area contributed by atoms with Gasteiger partial charge < -0.3 is 10.1 Å². The third-order valence-electron chi connectivity index (χ3n) is 2.74. The Bertz CT molecular complexity index is 482. The molecule has 0 aromatic heterocycles. The average molecular weight is 277 g/mol. The lowest BCUT2D eigenvalue weighted by Gasteiger charge is -2.23. The summed E-state index contributed by atoms with van der Waals surface area (Å²) in [7, 11) is 0. The molecule has 0 radical (unpaired) electrons. The van der Waals surface area contributed by atoms with E-state index in [1.54, 1.807) is 6.20 Å². The van der Waals surface area contributed by atoms with Gasteiger partial charge in [0, 0.05) is 18.4 Å². The zero-order valence-corrected chi connectivity index (χ0v) is 11.4. The van der Waals surface area contributed by atoms with Crippen LogP contribution in [0.4, 0.5) is 0 Å². The van der Waals surface area contributed by atoms with E-state index in [-0.39, 0.29) is 6.23 Å². The molecule has 0 bridgehead atoms. The number of nitrogens with one attached hydrogen (secondary N) is 1. The Kier molecular flexibility index (Phi) is 5.19. The van der Waals surface area contributed by atoms with Crippen molar-refractivity contribution in [1.29, 1.82) is 0 Å². The van der Waals surface area contributed by atoms with Crippen LogP contribution < -0.4 is 5.32 Å². The van der Waals surface area contributed by atoms with Crippen molar-refractivity contribution < 1.29 is 4.74 Å². The Morgan fingerprint density at radius 3 is 2.89 bits per heavy atom. The molecule has 1 atom stereocenters. The van der Waals surface area contributed by atoms with Crippen molar-refractivity contribution in [3.05, 3.63) is 59.9 Å². The number of allylic oxidation sites excluding steroid dienone is 1. The van der Waals surface area contributed by atoms with Gasteiger partial charge in [-0.3, -0.25) is 0 Å². The summed E-state index contributed by atoms with van der Waals surface area (Å²) >= 11 is 5.95. The van der Waals surface area contributed by atoms with Crippen LogP contribution in [0.25, 0.3) is 0 Å². The zero-order valence-electron chi connectivity index (χ0n) is 10.7. The molecule has 19 heavy (non-hydrogen) atoms. The highest BCUT2D eigenvalue weighted by Crippen LogP contribution is 2.16. The maximum absolute atomic E-state index is 5.95. The summed E-state index contributed by atoms with van der Waals surface area (Å²) in [6.07, 6.45) is 5.18. The Balaban J connectivity index is 2.07. The molecule has 1 aliphatic rings. The second-order valence-electron chi connectivity index (χ2n) is 4.18. The van der Waals surface area contributed by atoms with Crippen molar-refractivity contribution in [2.45, 2.75) is 19.1 Å². The van der Waals surface area contributed by atoms with Gasteiger partial charge in [0.2, 0.25) is 0 Å². The molecule has 1 N–H and O–H groups in total. The van der Waals surface area contributed by atoms with Crippen LogP contribution in [0.5, 0.6) is 0 Å². The van der Waals surface area contributed by atoms with Gasteiger partial charge in [-0.2, -0.15) is 0 Å². The molecule has 0 saturated heterocycles. The normalized spacial score (nSPS) is 18.3. The molecule has 1 unspecified atom stereocenters. The largest absolute Gasteiger partial charge is 0.359 e. The summed E-state index contributed by atoms with van der Waals surface area (Å²) in [5.41, 5.74) is 1.82. The van der Waals surface area contributed by atoms with Gasteiger partial charge in [-0.15, -0.1) is 6.58 Å². The van der Waals surface area contributed by atoms with Gasteiger partial charge in [0.25, 0.3) is 0 Å². The highest BCUT2D eigenvalue weighted by Gasteiger charge is 2.20. The minimum Gasteiger partial charge on any atom is -0.359 e. The predicted molar refractivity (Wildman–Crippen MR) is 79.2 cm³/mol. The predicted octanol–water partition coefficient (Wildman–Crippen LogP) is 3.43. The van der Waals surface area contributed by atoms with E-state index >= 15 is 0 Å². The average Bonchev–Trinajstić information content (AvgIpc) is 2.46. The SMILES string of the molecule is C=CCCCOC1NC=C(Cl)N=C1c1ccccc1. The van der Waals surface area contributed by atoms with E-state index in [1.807, 2.05) is 36.4 Å². The molecular weight excluding hydrogens is 260 g/mol. The van der Waals surface area contributed by atoms with Gasteiger partial charge in [-0.25, -0.2) is 4.99 Å². The van der Waals surface area contributed by atoms with Crippen molar-refractivity contribution in [2.24, 2.45) is 4.99 Å². The first-order valence-corrected chi connectivity index (χ1v) is 6.67. The second kappa shape index (κ2) is 7.12. The molecule has 1 aromatic carbocycles. The number of halogens is 1.